The van der Waals surface area contributed by atoms with Gasteiger partial charge in [0.15, 0.2) is 5.82 Å². The molecule has 25 heavy (non-hydrogen) atoms. The Balaban J connectivity index is 1.78. The van der Waals surface area contributed by atoms with Gasteiger partial charge in [0.1, 0.15) is 5.75 Å². The van der Waals surface area contributed by atoms with Crippen molar-refractivity contribution in [3.8, 4) is 5.75 Å². The van der Waals surface area contributed by atoms with E-state index in [9.17, 15) is 5.11 Å². The largest absolute Gasteiger partial charge is 0.508 e. The fraction of sp³-hybridized carbons (Fsp3) is 0.200. The molecular formula is C20H19N3OS. The van der Waals surface area contributed by atoms with Crippen LogP contribution in [0.15, 0.2) is 59.6 Å². The highest BCUT2D eigenvalue weighted by Crippen LogP contribution is 2.46. The summed E-state index contributed by atoms with van der Waals surface area (Å²) in [7, 11) is 0. The lowest BCUT2D eigenvalue weighted by atomic mass is 10.0. The first-order valence-electron chi connectivity index (χ1n) is 8.24. The molecule has 1 N–H and O–H groups in total. The summed E-state index contributed by atoms with van der Waals surface area (Å²) in [5, 5.41) is 15.5. The molecule has 5 heteroatoms. The second-order valence-corrected chi connectivity index (χ2v) is 7.48. The summed E-state index contributed by atoms with van der Waals surface area (Å²) < 4.78 is 2.00. The zero-order chi connectivity index (χ0) is 17.4. The lowest BCUT2D eigenvalue weighted by Gasteiger charge is -2.22. The normalized spacial score (nSPS) is 16.4. The molecule has 0 amide bonds. The topological polar surface area (TPSA) is 50.4 Å². The molecule has 1 aromatic heterocycles. The number of hydrogen-bond donors (Lipinski definition) is 1. The monoisotopic (exact) mass is 349 g/mol. The first-order chi connectivity index (χ1) is 12.1. The van der Waals surface area contributed by atoms with E-state index in [4.69, 9.17) is 10.1 Å². The molecule has 0 bridgehead atoms. The van der Waals surface area contributed by atoms with Gasteiger partial charge in [0.25, 0.3) is 0 Å². The third-order valence-electron chi connectivity index (χ3n) is 4.33. The predicted octanol–water partition coefficient (Wildman–Crippen LogP) is 4.83. The maximum absolute atomic E-state index is 9.58. The van der Waals surface area contributed by atoms with E-state index in [1.54, 1.807) is 23.9 Å². The van der Waals surface area contributed by atoms with Crippen molar-refractivity contribution in [2.24, 2.45) is 4.99 Å². The third-order valence-corrected chi connectivity index (χ3v) is 5.51. The molecule has 1 aliphatic rings. The second kappa shape index (κ2) is 6.41. The quantitative estimate of drug-likeness (QED) is 0.737. The summed E-state index contributed by atoms with van der Waals surface area (Å²) in [6.45, 7) is 4.79. The Hall–Kier alpha value is -2.53. The fourth-order valence-corrected chi connectivity index (χ4v) is 4.33. The Morgan fingerprint density at radius 2 is 1.76 bits per heavy atom. The van der Waals surface area contributed by atoms with E-state index in [0.717, 1.165) is 27.7 Å². The molecule has 1 aliphatic heterocycles. The lowest BCUT2D eigenvalue weighted by Crippen LogP contribution is -2.07. The molecule has 2 heterocycles. The number of benzene rings is 2. The van der Waals surface area contributed by atoms with Crippen LogP contribution >= 0.6 is 11.8 Å². The van der Waals surface area contributed by atoms with E-state index in [0.29, 0.717) is 6.54 Å². The van der Waals surface area contributed by atoms with Crippen LogP contribution in [0, 0.1) is 6.92 Å². The first-order valence-corrected chi connectivity index (χ1v) is 9.12. The molecule has 3 aromatic rings. The number of phenols is 1. The number of fused-ring (bicyclic) bond motifs is 1. The van der Waals surface area contributed by atoms with E-state index in [1.807, 2.05) is 48.9 Å². The van der Waals surface area contributed by atoms with Crippen molar-refractivity contribution in [1.29, 1.82) is 0 Å². The van der Waals surface area contributed by atoms with Gasteiger partial charge in [-0.3, -0.25) is 0 Å². The van der Waals surface area contributed by atoms with Gasteiger partial charge in [-0.05, 0) is 37.1 Å². The summed E-state index contributed by atoms with van der Waals surface area (Å²) in [4.78, 5) is 4.79. The molecule has 4 nitrogen and oxygen atoms in total. The maximum atomic E-state index is 9.58. The predicted molar refractivity (Wildman–Crippen MR) is 103 cm³/mol. The van der Waals surface area contributed by atoms with Gasteiger partial charge < -0.3 is 5.11 Å². The van der Waals surface area contributed by atoms with Crippen molar-refractivity contribution in [2.75, 3.05) is 0 Å². The molecule has 0 unspecified atom stereocenters. The Labute approximate surface area is 151 Å². The van der Waals surface area contributed by atoms with E-state index < -0.39 is 0 Å². The van der Waals surface area contributed by atoms with Crippen LogP contribution in [0.25, 0.3) is 0 Å². The molecule has 0 radical (unpaired) electrons. The second-order valence-electron chi connectivity index (χ2n) is 6.19. The van der Waals surface area contributed by atoms with Crippen molar-refractivity contribution >= 4 is 22.6 Å². The highest BCUT2D eigenvalue weighted by atomic mass is 32.2. The third kappa shape index (κ3) is 3.07. The number of phenolic OH excluding ortho intramolecular Hbond substituents is 1. The molecule has 0 spiro atoms. The van der Waals surface area contributed by atoms with Crippen molar-refractivity contribution in [3.63, 3.8) is 0 Å². The summed E-state index contributed by atoms with van der Waals surface area (Å²) >= 11 is 1.74. The van der Waals surface area contributed by atoms with Gasteiger partial charge in [0.2, 0.25) is 0 Å². The Morgan fingerprint density at radius 1 is 1.04 bits per heavy atom. The number of aliphatic imine (C=N–C) groups is 1. The van der Waals surface area contributed by atoms with E-state index in [1.165, 1.54) is 5.56 Å². The van der Waals surface area contributed by atoms with Crippen LogP contribution in [-0.2, 0) is 6.54 Å². The highest BCUT2D eigenvalue weighted by molar-refractivity contribution is 8.14. The van der Waals surface area contributed by atoms with Gasteiger partial charge >= 0.3 is 0 Å². The Morgan fingerprint density at radius 3 is 2.48 bits per heavy atom. The van der Waals surface area contributed by atoms with E-state index >= 15 is 0 Å². The highest BCUT2D eigenvalue weighted by Gasteiger charge is 2.29. The van der Waals surface area contributed by atoms with Crippen molar-refractivity contribution < 1.29 is 5.11 Å². The van der Waals surface area contributed by atoms with Crippen molar-refractivity contribution in [1.82, 2.24) is 9.78 Å². The zero-order valence-electron chi connectivity index (χ0n) is 14.2. The summed E-state index contributed by atoms with van der Waals surface area (Å²) in [5.41, 5.74) is 4.53. The van der Waals surface area contributed by atoms with Gasteiger partial charge in [0.05, 0.1) is 22.5 Å². The molecule has 2 aromatic carbocycles. The number of aromatic nitrogens is 2. The van der Waals surface area contributed by atoms with Crippen LogP contribution in [0.5, 0.6) is 5.75 Å². The van der Waals surface area contributed by atoms with Crippen LogP contribution in [-0.4, -0.2) is 19.9 Å². The van der Waals surface area contributed by atoms with Gasteiger partial charge in [-0.15, -0.1) is 0 Å². The number of nitrogens with zero attached hydrogens (tertiary/aromatic N) is 3. The standard InChI is InChI=1S/C20H19N3OS/c1-13-18-19(16-8-10-17(24)11-9-16)25-14(2)21-20(18)23(22-13)12-15-6-4-3-5-7-15/h3-11,19,24H,12H2,1-2H3/t19-/m1/s1. The maximum Gasteiger partial charge on any atom is 0.156 e. The van der Waals surface area contributed by atoms with Gasteiger partial charge in [0, 0.05) is 5.56 Å². The molecule has 0 fully saturated rings. The van der Waals surface area contributed by atoms with E-state index in [-0.39, 0.29) is 11.0 Å². The summed E-state index contributed by atoms with van der Waals surface area (Å²) in [6, 6.07) is 17.7. The van der Waals surface area contributed by atoms with Crippen LogP contribution in [0.1, 0.15) is 34.6 Å². The number of aryl methyl sites for hydroxylation is 1. The van der Waals surface area contributed by atoms with E-state index in [2.05, 4.69) is 12.1 Å². The average molecular weight is 349 g/mol. The zero-order valence-corrected chi connectivity index (χ0v) is 15.0. The number of thioether (sulfide) groups is 1. The van der Waals surface area contributed by atoms with Crippen LogP contribution in [0.2, 0.25) is 0 Å². The smallest absolute Gasteiger partial charge is 0.156 e. The Bertz CT molecular complexity index is 930. The van der Waals surface area contributed by atoms with Crippen LogP contribution in [0.3, 0.4) is 0 Å². The molecular weight excluding hydrogens is 330 g/mol. The van der Waals surface area contributed by atoms with Crippen LogP contribution < -0.4 is 0 Å². The molecule has 0 aliphatic carbocycles. The fourth-order valence-electron chi connectivity index (χ4n) is 3.16. The van der Waals surface area contributed by atoms with Crippen molar-refractivity contribution in [3.05, 3.63) is 77.0 Å². The van der Waals surface area contributed by atoms with Crippen LogP contribution in [0.4, 0.5) is 5.82 Å². The van der Waals surface area contributed by atoms with Gasteiger partial charge in [-0.2, -0.15) is 5.10 Å². The molecule has 126 valence electrons. The minimum Gasteiger partial charge on any atom is -0.508 e. The minimum atomic E-state index is 0.151. The van der Waals surface area contributed by atoms with Crippen molar-refractivity contribution in [2.45, 2.75) is 25.6 Å². The Kier molecular flexibility index (Phi) is 4.09. The number of hydrogen-bond acceptors (Lipinski definition) is 4. The molecule has 0 saturated heterocycles. The average Bonchev–Trinajstić information content (AvgIpc) is 2.91. The van der Waals surface area contributed by atoms with Gasteiger partial charge in [-0.25, -0.2) is 9.67 Å². The molecule has 4 rings (SSSR count). The number of aromatic hydroxyl groups is 1. The number of rotatable bonds is 3. The molecule has 0 saturated carbocycles. The first kappa shape index (κ1) is 16.0. The van der Waals surface area contributed by atoms with Gasteiger partial charge in [-0.1, -0.05) is 54.2 Å². The molecule has 1 atom stereocenters. The summed E-state index contributed by atoms with van der Waals surface area (Å²) in [5.74, 6) is 1.22. The lowest BCUT2D eigenvalue weighted by molar-refractivity contribution is 0.475. The minimum absolute atomic E-state index is 0.151. The summed E-state index contributed by atoms with van der Waals surface area (Å²) in [6.07, 6.45) is 0. The SMILES string of the molecule is CC1=Nc2c(c(C)nn2Cc2ccccc2)[C@@H](c2ccc(O)cc2)S1.